The molecule has 0 bridgehead atoms. The van der Waals surface area contributed by atoms with E-state index in [1.807, 2.05) is 0 Å². The fourth-order valence-electron chi connectivity index (χ4n) is 3.26. The number of rotatable bonds is 2. The molecule has 1 nitrogen and oxygen atoms in total. The van der Waals surface area contributed by atoms with Gasteiger partial charge in [0.1, 0.15) is 11.6 Å². The molecular weight excluding hydrogens is 232 g/mol. The first-order chi connectivity index (χ1) is 8.10. The standard InChI is InChI=1S/C15H21F2N/c1-8-6-9(11(17)7-10(8)16)12(18)13-14(2,3)15(13,4)5/h6-7,12-13H,18H2,1-5H3. The summed E-state index contributed by atoms with van der Waals surface area (Å²) in [5.41, 5.74) is 7.25. The lowest BCUT2D eigenvalue weighted by Gasteiger charge is -2.16. The molecule has 0 spiro atoms. The van der Waals surface area contributed by atoms with Crippen molar-refractivity contribution >= 4 is 0 Å². The van der Waals surface area contributed by atoms with Gasteiger partial charge in [0.15, 0.2) is 0 Å². The maximum Gasteiger partial charge on any atom is 0.130 e. The topological polar surface area (TPSA) is 26.0 Å². The third kappa shape index (κ3) is 1.68. The molecule has 0 heterocycles. The fraction of sp³-hybridized carbons (Fsp3) is 0.600. The van der Waals surface area contributed by atoms with E-state index >= 15 is 0 Å². The lowest BCUT2D eigenvalue weighted by atomic mass is 9.95. The summed E-state index contributed by atoms with van der Waals surface area (Å²) in [4.78, 5) is 0. The van der Waals surface area contributed by atoms with E-state index in [-0.39, 0.29) is 22.8 Å². The van der Waals surface area contributed by atoms with E-state index in [0.717, 1.165) is 6.07 Å². The normalized spacial score (nSPS) is 22.9. The van der Waals surface area contributed by atoms with Crippen molar-refractivity contribution in [2.75, 3.05) is 0 Å². The van der Waals surface area contributed by atoms with E-state index in [1.54, 1.807) is 13.0 Å². The molecule has 100 valence electrons. The maximum absolute atomic E-state index is 13.9. The highest BCUT2D eigenvalue weighted by molar-refractivity contribution is 5.32. The van der Waals surface area contributed by atoms with Crippen molar-refractivity contribution in [3.8, 4) is 0 Å². The molecule has 0 aliphatic heterocycles. The summed E-state index contributed by atoms with van der Waals surface area (Å²) in [5, 5.41) is 0. The van der Waals surface area contributed by atoms with E-state index in [4.69, 9.17) is 5.73 Å². The molecule has 1 aromatic carbocycles. The molecule has 0 amide bonds. The number of hydrogen-bond acceptors (Lipinski definition) is 1. The summed E-state index contributed by atoms with van der Waals surface area (Å²) in [6.07, 6.45) is 0. The average Bonchev–Trinajstić information content (AvgIpc) is 2.62. The first-order valence-corrected chi connectivity index (χ1v) is 6.32. The molecule has 1 fully saturated rings. The van der Waals surface area contributed by atoms with Crippen molar-refractivity contribution < 1.29 is 8.78 Å². The summed E-state index contributed by atoms with van der Waals surface area (Å²) in [7, 11) is 0. The van der Waals surface area contributed by atoms with Gasteiger partial charge in [-0.1, -0.05) is 27.7 Å². The van der Waals surface area contributed by atoms with Crippen molar-refractivity contribution in [3.05, 3.63) is 34.9 Å². The Labute approximate surface area is 107 Å². The van der Waals surface area contributed by atoms with Gasteiger partial charge >= 0.3 is 0 Å². The second-order valence-corrected chi connectivity index (χ2v) is 6.57. The monoisotopic (exact) mass is 253 g/mol. The van der Waals surface area contributed by atoms with Crippen LogP contribution in [0.15, 0.2) is 12.1 Å². The Morgan fingerprint density at radius 1 is 1.06 bits per heavy atom. The van der Waals surface area contributed by atoms with Crippen LogP contribution in [0.2, 0.25) is 0 Å². The van der Waals surface area contributed by atoms with E-state index in [9.17, 15) is 8.78 Å². The maximum atomic E-state index is 13.9. The molecule has 2 rings (SSSR count). The Balaban J connectivity index is 2.37. The Morgan fingerprint density at radius 3 is 2.00 bits per heavy atom. The van der Waals surface area contributed by atoms with Crippen LogP contribution in [0.5, 0.6) is 0 Å². The predicted octanol–water partition coefficient (Wildman–Crippen LogP) is 3.96. The third-order valence-corrected chi connectivity index (χ3v) is 5.13. The van der Waals surface area contributed by atoms with E-state index in [2.05, 4.69) is 27.7 Å². The number of benzene rings is 1. The Bertz CT molecular complexity index is 478. The molecule has 1 atom stereocenters. The van der Waals surface area contributed by atoms with Crippen LogP contribution in [0, 0.1) is 35.3 Å². The van der Waals surface area contributed by atoms with Gasteiger partial charge in [0.25, 0.3) is 0 Å². The quantitative estimate of drug-likeness (QED) is 0.848. The molecule has 0 aromatic heterocycles. The summed E-state index contributed by atoms with van der Waals surface area (Å²) < 4.78 is 27.1. The summed E-state index contributed by atoms with van der Waals surface area (Å²) >= 11 is 0. The first-order valence-electron chi connectivity index (χ1n) is 6.32. The Hall–Kier alpha value is -0.960. The second kappa shape index (κ2) is 3.77. The van der Waals surface area contributed by atoms with Crippen LogP contribution in [0.1, 0.15) is 44.9 Å². The molecule has 1 unspecified atom stereocenters. The highest BCUT2D eigenvalue weighted by Gasteiger charge is 2.66. The predicted molar refractivity (Wildman–Crippen MR) is 69.1 cm³/mol. The van der Waals surface area contributed by atoms with Crippen LogP contribution in [-0.4, -0.2) is 0 Å². The molecule has 0 radical (unpaired) electrons. The fourth-order valence-corrected chi connectivity index (χ4v) is 3.26. The van der Waals surface area contributed by atoms with Crippen LogP contribution < -0.4 is 5.73 Å². The summed E-state index contributed by atoms with van der Waals surface area (Å²) in [6.45, 7) is 10.2. The lowest BCUT2D eigenvalue weighted by molar-refractivity contribution is 0.457. The average molecular weight is 253 g/mol. The minimum Gasteiger partial charge on any atom is -0.324 e. The number of halogens is 2. The van der Waals surface area contributed by atoms with E-state index < -0.39 is 11.6 Å². The Kier molecular flexibility index (Phi) is 2.82. The molecule has 1 aliphatic rings. The van der Waals surface area contributed by atoms with Crippen LogP contribution in [0.4, 0.5) is 8.78 Å². The highest BCUT2D eigenvalue weighted by atomic mass is 19.1. The highest BCUT2D eigenvalue weighted by Crippen LogP contribution is 2.71. The van der Waals surface area contributed by atoms with Crippen molar-refractivity contribution in [1.29, 1.82) is 0 Å². The zero-order valence-electron chi connectivity index (χ0n) is 11.6. The molecular formula is C15H21F2N. The number of aryl methyl sites for hydroxylation is 1. The van der Waals surface area contributed by atoms with Gasteiger partial charge in [0.2, 0.25) is 0 Å². The molecule has 3 heteroatoms. The van der Waals surface area contributed by atoms with Crippen LogP contribution in [0.25, 0.3) is 0 Å². The van der Waals surface area contributed by atoms with Gasteiger partial charge in [-0.25, -0.2) is 8.78 Å². The third-order valence-electron chi connectivity index (χ3n) is 5.13. The molecule has 1 saturated carbocycles. The van der Waals surface area contributed by atoms with Crippen molar-refractivity contribution in [2.45, 2.75) is 40.7 Å². The van der Waals surface area contributed by atoms with Gasteiger partial charge in [-0.3, -0.25) is 0 Å². The SMILES string of the molecule is Cc1cc(C(N)C2C(C)(C)C2(C)C)c(F)cc1F. The summed E-state index contributed by atoms with van der Waals surface area (Å²) in [6, 6.07) is 2.10. The minimum absolute atomic E-state index is 0.0845. The number of hydrogen-bond donors (Lipinski definition) is 1. The largest absolute Gasteiger partial charge is 0.324 e. The number of nitrogens with two attached hydrogens (primary N) is 1. The van der Waals surface area contributed by atoms with Crippen molar-refractivity contribution in [2.24, 2.45) is 22.5 Å². The molecule has 18 heavy (non-hydrogen) atoms. The van der Waals surface area contributed by atoms with Gasteiger partial charge in [-0.15, -0.1) is 0 Å². The van der Waals surface area contributed by atoms with Crippen LogP contribution in [0.3, 0.4) is 0 Å². The Morgan fingerprint density at radius 2 is 1.56 bits per heavy atom. The summed E-state index contributed by atoms with van der Waals surface area (Å²) in [5.74, 6) is -0.841. The smallest absolute Gasteiger partial charge is 0.130 e. The zero-order chi connectivity index (χ0) is 13.9. The molecule has 0 saturated heterocycles. The van der Waals surface area contributed by atoms with Crippen molar-refractivity contribution in [1.82, 2.24) is 0 Å². The second-order valence-electron chi connectivity index (χ2n) is 6.57. The van der Waals surface area contributed by atoms with Crippen molar-refractivity contribution in [3.63, 3.8) is 0 Å². The molecule has 2 N–H and O–H groups in total. The molecule has 1 aliphatic carbocycles. The zero-order valence-corrected chi connectivity index (χ0v) is 11.6. The van der Waals surface area contributed by atoms with Gasteiger partial charge in [-0.05, 0) is 35.3 Å². The van der Waals surface area contributed by atoms with Gasteiger partial charge < -0.3 is 5.73 Å². The van der Waals surface area contributed by atoms with E-state index in [0.29, 0.717) is 11.1 Å². The van der Waals surface area contributed by atoms with E-state index in [1.165, 1.54) is 0 Å². The lowest BCUT2D eigenvalue weighted by Crippen LogP contribution is -2.18. The van der Waals surface area contributed by atoms with Crippen LogP contribution in [-0.2, 0) is 0 Å². The van der Waals surface area contributed by atoms with Gasteiger partial charge in [0, 0.05) is 17.7 Å². The van der Waals surface area contributed by atoms with Gasteiger partial charge in [0.05, 0.1) is 0 Å². The molecule has 1 aromatic rings. The van der Waals surface area contributed by atoms with Gasteiger partial charge in [-0.2, -0.15) is 0 Å². The minimum atomic E-state index is -0.538. The van der Waals surface area contributed by atoms with Crippen LogP contribution >= 0.6 is 0 Å². The first kappa shape index (κ1) is 13.5.